The van der Waals surface area contributed by atoms with Crippen LogP contribution in [0, 0.1) is 34.1 Å². The SMILES string of the molecule is Cc1c(CCc2cc(C3CCCCC3)c(O)c([N+](=O)[O-])c2C)cc(C2CCCCC2)c(O)c1[N+](=O)[O-]. The van der Waals surface area contributed by atoms with Crippen LogP contribution in [0.25, 0.3) is 0 Å². The lowest BCUT2D eigenvalue weighted by Gasteiger charge is -2.25. The van der Waals surface area contributed by atoms with Crippen molar-refractivity contribution in [1.29, 1.82) is 0 Å². The molecule has 4 rings (SSSR count). The smallest absolute Gasteiger partial charge is 0.314 e. The van der Waals surface area contributed by atoms with E-state index in [9.17, 15) is 30.4 Å². The van der Waals surface area contributed by atoms with Crippen molar-refractivity contribution >= 4 is 11.4 Å². The summed E-state index contributed by atoms with van der Waals surface area (Å²) >= 11 is 0. The Bertz CT molecular complexity index is 1070. The molecule has 2 aliphatic carbocycles. The van der Waals surface area contributed by atoms with Crippen LogP contribution in [0.5, 0.6) is 11.5 Å². The molecule has 0 spiro atoms. The summed E-state index contributed by atoms with van der Waals surface area (Å²) in [5, 5.41) is 45.4. The highest BCUT2D eigenvalue weighted by Crippen LogP contribution is 2.46. The molecule has 2 aromatic rings. The third-order valence-corrected chi connectivity index (χ3v) is 8.45. The number of aryl methyl sites for hydroxylation is 2. The van der Waals surface area contributed by atoms with Gasteiger partial charge in [-0.2, -0.15) is 0 Å². The number of phenols is 2. The van der Waals surface area contributed by atoms with E-state index in [2.05, 4.69) is 0 Å². The average molecular weight is 497 g/mol. The van der Waals surface area contributed by atoms with Gasteiger partial charge in [-0.3, -0.25) is 20.2 Å². The first kappa shape index (κ1) is 25.9. The zero-order valence-corrected chi connectivity index (χ0v) is 21.2. The molecule has 0 bridgehead atoms. The Hall–Kier alpha value is -3.16. The largest absolute Gasteiger partial charge is 0.502 e. The van der Waals surface area contributed by atoms with Gasteiger partial charge in [0.15, 0.2) is 11.5 Å². The minimum Gasteiger partial charge on any atom is -0.502 e. The van der Waals surface area contributed by atoms with E-state index in [1.165, 1.54) is 0 Å². The third kappa shape index (κ3) is 5.04. The number of hydrogen-bond acceptors (Lipinski definition) is 6. The van der Waals surface area contributed by atoms with Crippen LogP contribution in [0.15, 0.2) is 12.1 Å². The molecule has 8 heteroatoms. The number of nitro groups is 2. The van der Waals surface area contributed by atoms with Crippen LogP contribution in [-0.2, 0) is 12.8 Å². The van der Waals surface area contributed by atoms with Gasteiger partial charge in [-0.1, -0.05) is 50.7 Å². The molecule has 0 amide bonds. The Balaban J connectivity index is 1.72. The molecule has 2 aromatic carbocycles. The highest BCUT2D eigenvalue weighted by atomic mass is 16.6. The van der Waals surface area contributed by atoms with Gasteiger partial charge in [-0.25, -0.2) is 0 Å². The first-order valence-corrected chi connectivity index (χ1v) is 13.2. The van der Waals surface area contributed by atoms with Gasteiger partial charge >= 0.3 is 11.4 Å². The Morgan fingerprint density at radius 1 is 0.694 bits per heavy atom. The molecule has 8 nitrogen and oxygen atoms in total. The highest BCUT2D eigenvalue weighted by Gasteiger charge is 2.31. The zero-order valence-electron chi connectivity index (χ0n) is 21.2. The second-order valence-electron chi connectivity index (χ2n) is 10.6. The minimum absolute atomic E-state index is 0.103. The van der Waals surface area contributed by atoms with Crippen LogP contribution in [0.2, 0.25) is 0 Å². The van der Waals surface area contributed by atoms with Crippen LogP contribution in [-0.4, -0.2) is 20.1 Å². The van der Waals surface area contributed by atoms with Gasteiger partial charge in [0.2, 0.25) is 0 Å². The molecule has 0 aromatic heterocycles. The lowest BCUT2D eigenvalue weighted by Crippen LogP contribution is -2.10. The van der Waals surface area contributed by atoms with Crippen molar-refractivity contribution in [3.8, 4) is 11.5 Å². The van der Waals surface area contributed by atoms with Crippen molar-refractivity contribution in [1.82, 2.24) is 0 Å². The molecule has 2 fully saturated rings. The van der Waals surface area contributed by atoms with E-state index in [0.717, 1.165) is 75.3 Å². The number of nitrogens with zero attached hydrogens (tertiary/aromatic N) is 2. The molecule has 0 unspecified atom stereocenters. The lowest BCUT2D eigenvalue weighted by molar-refractivity contribution is -0.386. The van der Waals surface area contributed by atoms with Gasteiger partial charge < -0.3 is 10.2 Å². The minimum atomic E-state index is -0.502. The topological polar surface area (TPSA) is 127 Å². The van der Waals surface area contributed by atoms with Gasteiger partial charge in [0, 0.05) is 22.3 Å². The normalized spacial score (nSPS) is 17.3. The van der Waals surface area contributed by atoms with Crippen molar-refractivity contribution in [3.63, 3.8) is 0 Å². The summed E-state index contributed by atoms with van der Waals surface area (Å²) in [6, 6.07) is 3.83. The number of nitro benzene ring substituents is 2. The summed E-state index contributed by atoms with van der Waals surface area (Å²) in [6.07, 6.45) is 11.0. The molecule has 0 saturated heterocycles. The lowest BCUT2D eigenvalue weighted by atomic mass is 9.80. The molecule has 194 valence electrons. The van der Waals surface area contributed by atoms with E-state index in [-0.39, 0.29) is 34.7 Å². The van der Waals surface area contributed by atoms with Crippen molar-refractivity contribution in [2.75, 3.05) is 0 Å². The number of hydrogen-bond donors (Lipinski definition) is 2. The quantitative estimate of drug-likeness (QED) is 0.303. The van der Waals surface area contributed by atoms with Crippen molar-refractivity contribution in [2.45, 2.75) is 103 Å². The zero-order chi connectivity index (χ0) is 26.0. The molecule has 2 aliphatic rings. The predicted octanol–water partition coefficient (Wildman–Crippen LogP) is 7.41. The predicted molar refractivity (Wildman–Crippen MR) is 138 cm³/mol. The number of benzene rings is 2. The van der Waals surface area contributed by atoms with Crippen LogP contribution in [0.4, 0.5) is 11.4 Å². The number of phenolic OH excluding ortho intramolecular Hbond substituents is 2. The van der Waals surface area contributed by atoms with Gasteiger partial charge in [0.05, 0.1) is 9.85 Å². The van der Waals surface area contributed by atoms with E-state index in [1.807, 2.05) is 12.1 Å². The van der Waals surface area contributed by atoms with Gasteiger partial charge in [0.25, 0.3) is 0 Å². The number of aromatic hydroxyl groups is 2. The molecule has 0 atom stereocenters. The Morgan fingerprint density at radius 3 is 1.33 bits per heavy atom. The van der Waals surface area contributed by atoms with E-state index < -0.39 is 9.85 Å². The fourth-order valence-electron chi connectivity index (χ4n) is 6.35. The first-order valence-electron chi connectivity index (χ1n) is 13.2. The van der Waals surface area contributed by atoms with Gasteiger partial charge in [-0.15, -0.1) is 0 Å². The van der Waals surface area contributed by atoms with E-state index >= 15 is 0 Å². The maximum Gasteiger partial charge on any atom is 0.314 e. The van der Waals surface area contributed by atoms with Gasteiger partial charge in [0.1, 0.15) is 0 Å². The van der Waals surface area contributed by atoms with Crippen LogP contribution < -0.4 is 0 Å². The molecule has 36 heavy (non-hydrogen) atoms. The Labute approximate surface area is 211 Å². The maximum absolute atomic E-state index is 11.9. The standard InChI is InChI=1S/C28H36N2O6/c1-17-21(15-23(19-9-5-3-6-10-19)27(31)25(17)29(33)34)13-14-22-16-24(20-11-7-4-8-12-20)28(32)26(18(22)2)30(35)36/h15-16,19-20,31-32H,3-14H2,1-2H3. The molecular formula is C28H36N2O6. The highest BCUT2D eigenvalue weighted by molar-refractivity contribution is 5.62. The summed E-state index contributed by atoms with van der Waals surface area (Å²) in [5.74, 6) is -0.231. The third-order valence-electron chi connectivity index (χ3n) is 8.45. The monoisotopic (exact) mass is 496 g/mol. The average Bonchev–Trinajstić information content (AvgIpc) is 2.85. The first-order chi connectivity index (χ1) is 17.2. The molecule has 2 N–H and O–H groups in total. The molecule has 0 heterocycles. The second-order valence-corrected chi connectivity index (χ2v) is 10.6. The Kier molecular flexibility index (Phi) is 7.81. The van der Waals surface area contributed by atoms with Crippen LogP contribution in [0.3, 0.4) is 0 Å². The van der Waals surface area contributed by atoms with Crippen molar-refractivity contribution < 1.29 is 20.1 Å². The molecule has 2 saturated carbocycles. The van der Waals surface area contributed by atoms with Gasteiger partial charge in [-0.05, 0) is 75.3 Å². The van der Waals surface area contributed by atoms with E-state index in [0.29, 0.717) is 35.1 Å². The van der Waals surface area contributed by atoms with E-state index in [4.69, 9.17) is 0 Å². The summed E-state index contributed by atoms with van der Waals surface area (Å²) in [6.45, 7) is 3.33. The maximum atomic E-state index is 11.9. The molecule has 0 aliphatic heterocycles. The van der Waals surface area contributed by atoms with Crippen LogP contribution in [0.1, 0.15) is 109 Å². The summed E-state index contributed by atoms with van der Waals surface area (Å²) in [7, 11) is 0. The van der Waals surface area contributed by atoms with Crippen molar-refractivity contribution in [3.05, 3.63) is 65.7 Å². The van der Waals surface area contributed by atoms with Crippen molar-refractivity contribution in [2.24, 2.45) is 0 Å². The second kappa shape index (κ2) is 10.8. The van der Waals surface area contributed by atoms with Crippen LogP contribution >= 0.6 is 0 Å². The fourth-order valence-corrected chi connectivity index (χ4v) is 6.35. The summed E-state index contributed by atoms with van der Waals surface area (Å²) < 4.78 is 0. The van der Waals surface area contributed by atoms with E-state index in [1.54, 1.807) is 13.8 Å². The summed E-state index contributed by atoms with van der Waals surface area (Å²) in [4.78, 5) is 22.8. The fraction of sp³-hybridized carbons (Fsp3) is 0.571. The number of rotatable bonds is 7. The molecular weight excluding hydrogens is 460 g/mol. The Morgan fingerprint density at radius 2 is 1.03 bits per heavy atom. The molecule has 0 radical (unpaired) electrons. The summed E-state index contributed by atoms with van der Waals surface area (Å²) in [5.41, 5.74) is 3.29.